The number of pyridine rings is 1. The molecule has 0 radical (unpaired) electrons. The third-order valence-electron chi connectivity index (χ3n) is 4.42. The van der Waals surface area contributed by atoms with Crippen LogP contribution >= 0.6 is 46.4 Å². The molecule has 0 bridgehead atoms. The van der Waals surface area contributed by atoms with Gasteiger partial charge in [0.15, 0.2) is 0 Å². The third-order valence-corrected chi connectivity index (χ3v) is 6.21. The van der Waals surface area contributed by atoms with Gasteiger partial charge in [0.25, 0.3) is 0 Å². The molecule has 0 amide bonds. The van der Waals surface area contributed by atoms with Gasteiger partial charge in [0, 0.05) is 11.3 Å². The Morgan fingerprint density at radius 1 is 1.31 bits per heavy atom. The van der Waals surface area contributed by atoms with Crippen molar-refractivity contribution in [2.45, 2.75) is 28.0 Å². The number of aromatic nitrogens is 1. The van der Waals surface area contributed by atoms with Crippen molar-refractivity contribution in [3.8, 4) is 0 Å². The summed E-state index contributed by atoms with van der Waals surface area (Å²) in [6.45, 7) is 0. The molecule has 1 unspecified atom stereocenters. The van der Waals surface area contributed by atoms with Crippen LogP contribution in [-0.2, 0) is 0 Å². The van der Waals surface area contributed by atoms with Gasteiger partial charge < -0.3 is 0 Å². The largest absolute Gasteiger partial charge is 0.240 e. The van der Waals surface area contributed by atoms with Crippen LogP contribution in [-0.4, -0.2) is 14.7 Å². The molecule has 2 saturated carbocycles. The summed E-state index contributed by atoms with van der Waals surface area (Å²) in [5, 5.41) is 0.528. The van der Waals surface area contributed by atoms with E-state index >= 15 is 0 Å². The maximum Gasteiger partial charge on any atom is 0.129 e. The summed E-state index contributed by atoms with van der Waals surface area (Å²) in [5.74, 6) is 0.561. The number of halogens is 4. The lowest BCUT2D eigenvalue weighted by atomic mass is 9.68. The number of rotatable bonds is 0. The van der Waals surface area contributed by atoms with E-state index in [1.807, 2.05) is 12.1 Å². The summed E-state index contributed by atoms with van der Waals surface area (Å²) >= 11 is 24.9. The molecular weight excluding hydrogens is 288 g/mol. The predicted octanol–water partition coefficient (Wildman–Crippen LogP) is 4.10. The van der Waals surface area contributed by atoms with E-state index < -0.39 is 4.33 Å². The lowest BCUT2D eigenvalue weighted by Gasteiger charge is -2.47. The molecular formula is C11H7Cl4N. The Bertz CT molecular complexity index is 515. The van der Waals surface area contributed by atoms with E-state index in [4.69, 9.17) is 46.4 Å². The highest BCUT2D eigenvalue weighted by Crippen LogP contribution is 2.88. The molecule has 0 N–H and O–H groups in total. The van der Waals surface area contributed by atoms with Gasteiger partial charge in [0.05, 0.1) is 11.1 Å². The molecule has 84 valence electrons. The van der Waals surface area contributed by atoms with Crippen LogP contribution in [0.3, 0.4) is 0 Å². The molecule has 3 aliphatic carbocycles. The van der Waals surface area contributed by atoms with E-state index in [2.05, 4.69) is 4.98 Å². The minimum atomic E-state index is -0.693. The first-order chi connectivity index (χ1) is 7.50. The van der Waals surface area contributed by atoms with Gasteiger partial charge >= 0.3 is 0 Å². The van der Waals surface area contributed by atoms with Crippen molar-refractivity contribution in [3.05, 3.63) is 28.5 Å². The quantitative estimate of drug-likeness (QED) is 0.518. The molecule has 5 heteroatoms. The average Bonchev–Trinajstić information content (AvgIpc) is 2.77. The van der Waals surface area contributed by atoms with Crippen LogP contribution in [0.25, 0.3) is 0 Å². The molecule has 1 nitrogen and oxygen atoms in total. The van der Waals surface area contributed by atoms with E-state index in [0.29, 0.717) is 11.1 Å². The first-order valence-corrected chi connectivity index (χ1v) is 6.75. The van der Waals surface area contributed by atoms with Gasteiger partial charge in [-0.2, -0.15) is 0 Å². The molecule has 3 aliphatic rings. The molecule has 1 spiro atoms. The minimum absolute atomic E-state index is 0.0136. The van der Waals surface area contributed by atoms with Gasteiger partial charge in [-0.1, -0.05) is 17.7 Å². The van der Waals surface area contributed by atoms with Crippen molar-refractivity contribution >= 4 is 46.4 Å². The van der Waals surface area contributed by atoms with Crippen LogP contribution in [0, 0.1) is 5.41 Å². The number of alkyl halides is 3. The van der Waals surface area contributed by atoms with Gasteiger partial charge in [-0.3, -0.25) is 0 Å². The third kappa shape index (κ3) is 0.829. The van der Waals surface area contributed by atoms with Crippen LogP contribution < -0.4 is 0 Å². The van der Waals surface area contributed by atoms with Gasteiger partial charge in [-0.05, 0) is 24.0 Å². The summed E-state index contributed by atoms with van der Waals surface area (Å²) in [7, 11) is 0. The molecule has 2 fully saturated rings. The minimum Gasteiger partial charge on any atom is -0.240 e. The zero-order valence-electron chi connectivity index (χ0n) is 8.05. The highest BCUT2D eigenvalue weighted by atomic mass is 35.5. The summed E-state index contributed by atoms with van der Waals surface area (Å²) in [5.41, 5.74) is 2.08. The van der Waals surface area contributed by atoms with Crippen LogP contribution in [0.5, 0.6) is 0 Å². The van der Waals surface area contributed by atoms with Crippen molar-refractivity contribution in [1.29, 1.82) is 0 Å². The Morgan fingerprint density at radius 2 is 2.06 bits per heavy atom. The molecule has 1 aromatic heterocycles. The van der Waals surface area contributed by atoms with Crippen molar-refractivity contribution in [1.82, 2.24) is 4.98 Å². The van der Waals surface area contributed by atoms with Crippen LogP contribution in [0.4, 0.5) is 0 Å². The lowest BCUT2D eigenvalue weighted by molar-refractivity contribution is 0.212. The summed E-state index contributed by atoms with van der Waals surface area (Å²) < 4.78 is -0.693. The highest BCUT2D eigenvalue weighted by Gasteiger charge is 2.87. The van der Waals surface area contributed by atoms with Crippen LogP contribution in [0.15, 0.2) is 12.1 Å². The smallest absolute Gasteiger partial charge is 0.129 e. The molecule has 0 aliphatic heterocycles. The van der Waals surface area contributed by atoms with Crippen molar-refractivity contribution in [2.75, 3.05) is 0 Å². The van der Waals surface area contributed by atoms with Crippen LogP contribution in [0.2, 0.25) is 5.15 Å². The van der Waals surface area contributed by atoms with Gasteiger partial charge in [-0.15, -0.1) is 34.8 Å². The van der Waals surface area contributed by atoms with E-state index in [-0.39, 0.29) is 16.7 Å². The highest BCUT2D eigenvalue weighted by molar-refractivity contribution is 6.51. The fraction of sp³-hybridized carbons (Fsp3) is 0.545. The normalized spacial score (nSPS) is 45.4. The first kappa shape index (κ1) is 10.3. The topological polar surface area (TPSA) is 12.9 Å². The van der Waals surface area contributed by atoms with Gasteiger partial charge in [-0.25, -0.2) is 4.98 Å². The molecule has 1 aromatic rings. The number of nitrogens with zero attached hydrogens (tertiary/aromatic N) is 1. The molecule has 4 atom stereocenters. The van der Waals surface area contributed by atoms with Crippen molar-refractivity contribution in [3.63, 3.8) is 0 Å². The average molecular weight is 295 g/mol. The number of fused-ring (bicyclic) bond motifs is 3. The molecule has 0 saturated heterocycles. The van der Waals surface area contributed by atoms with E-state index in [0.717, 1.165) is 12.1 Å². The summed E-state index contributed by atoms with van der Waals surface area (Å²) in [6, 6.07) is 3.86. The lowest BCUT2D eigenvalue weighted by Crippen LogP contribution is -2.47. The summed E-state index contributed by atoms with van der Waals surface area (Å²) in [4.78, 5) is 4.39. The Kier molecular flexibility index (Phi) is 1.71. The van der Waals surface area contributed by atoms with E-state index in [1.54, 1.807) is 0 Å². The maximum absolute atomic E-state index is 6.35. The Morgan fingerprint density at radius 3 is 2.75 bits per heavy atom. The predicted molar refractivity (Wildman–Crippen MR) is 65.9 cm³/mol. The van der Waals surface area contributed by atoms with Crippen LogP contribution in [0.1, 0.15) is 29.5 Å². The second-order valence-corrected chi connectivity index (χ2v) is 7.22. The van der Waals surface area contributed by atoms with Crippen molar-refractivity contribution in [2.24, 2.45) is 5.41 Å². The molecule has 16 heavy (non-hydrogen) atoms. The SMILES string of the molecule is Clc1ccc2c(n1)[C@H]1[C@@H](Cl)C13[C@@H]2CC3(Cl)Cl. The van der Waals surface area contributed by atoms with Gasteiger partial charge in [0.1, 0.15) is 9.49 Å². The van der Waals surface area contributed by atoms with E-state index in [9.17, 15) is 0 Å². The van der Waals surface area contributed by atoms with Gasteiger partial charge in [0.2, 0.25) is 0 Å². The van der Waals surface area contributed by atoms with E-state index in [1.165, 1.54) is 5.56 Å². The standard InChI is InChI=1S/C11H7Cl4N/c12-6-2-1-4-5-3-10(14,15)11(5)7(9(11)13)8(4)16-6/h1-2,5,7,9H,3H2/t5-,7+,9-,11?/m1/s1. The maximum atomic E-state index is 6.35. The molecule has 0 aromatic carbocycles. The Labute approximate surface area is 113 Å². The fourth-order valence-corrected chi connectivity index (χ4v) is 5.70. The summed E-state index contributed by atoms with van der Waals surface area (Å²) in [6.07, 6.45) is 0.770. The molecule has 4 rings (SSSR count). The Balaban J connectivity index is 1.92. The van der Waals surface area contributed by atoms with Crippen molar-refractivity contribution < 1.29 is 0 Å². The second kappa shape index (κ2) is 2.66. The number of hydrogen-bond donors (Lipinski definition) is 0. The Hall–Kier alpha value is 0.310. The molecule has 1 heterocycles. The first-order valence-electron chi connectivity index (χ1n) is 5.18. The monoisotopic (exact) mass is 293 g/mol. The number of hydrogen-bond acceptors (Lipinski definition) is 1. The zero-order chi connectivity index (χ0) is 11.3. The zero-order valence-corrected chi connectivity index (χ0v) is 11.1. The second-order valence-electron chi connectivity index (χ2n) is 4.88. The fourth-order valence-electron chi connectivity index (χ4n) is 3.66.